The van der Waals surface area contributed by atoms with Crippen LogP contribution in [-0.4, -0.2) is 12.1 Å². The molecule has 2 rings (SSSR count). The highest BCUT2D eigenvalue weighted by Gasteiger charge is 2.44. The van der Waals surface area contributed by atoms with Gasteiger partial charge in [-0.15, -0.1) is 24.8 Å². The summed E-state index contributed by atoms with van der Waals surface area (Å²) in [6, 6.07) is 0.600. The molecule has 0 aromatic heterocycles. The molecule has 0 aromatic rings. The number of hydrogen-bond donors (Lipinski definition) is 2. The second-order valence-corrected chi connectivity index (χ2v) is 3.55. The zero-order valence-corrected chi connectivity index (χ0v) is 8.03. The number of nitrogens with two attached hydrogens (primary N) is 2. The van der Waals surface area contributed by atoms with Crippen molar-refractivity contribution in [3.63, 3.8) is 0 Å². The normalized spacial score (nSPS) is 46.4. The van der Waals surface area contributed by atoms with E-state index in [0.717, 1.165) is 11.8 Å². The Balaban J connectivity index is 0.000000500. The molecule has 0 radical (unpaired) electrons. The number of halogens is 2. The van der Waals surface area contributed by atoms with Crippen LogP contribution in [0.15, 0.2) is 0 Å². The zero-order chi connectivity index (χ0) is 6.43. The second-order valence-electron chi connectivity index (χ2n) is 3.55. The molecule has 4 N–H and O–H groups in total. The second kappa shape index (κ2) is 3.94. The van der Waals surface area contributed by atoms with Crippen LogP contribution in [0.2, 0.25) is 0 Å². The van der Waals surface area contributed by atoms with Crippen molar-refractivity contribution in [2.45, 2.75) is 31.3 Å². The summed E-state index contributed by atoms with van der Waals surface area (Å²) in [6.07, 6.45) is 3.78. The molecular formula is C7H16Cl2N2. The SMILES string of the molecule is Cl.Cl.NC1CC2CC2CC1N. The van der Waals surface area contributed by atoms with E-state index >= 15 is 0 Å². The standard InChI is InChI=1S/C7H14N2.2ClH/c8-6-2-4-1-5(4)3-7(6)9;;/h4-7H,1-3,8-9H2;2*1H. The lowest BCUT2D eigenvalue weighted by Crippen LogP contribution is -2.44. The highest BCUT2D eigenvalue weighted by Crippen LogP contribution is 2.48. The van der Waals surface area contributed by atoms with Gasteiger partial charge in [-0.1, -0.05) is 0 Å². The molecule has 2 aliphatic rings. The summed E-state index contributed by atoms with van der Waals surface area (Å²) in [5, 5.41) is 0. The molecule has 0 saturated heterocycles. The highest BCUT2D eigenvalue weighted by atomic mass is 35.5. The number of rotatable bonds is 0. The van der Waals surface area contributed by atoms with Crippen LogP contribution < -0.4 is 11.5 Å². The largest absolute Gasteiger partial charge is 0.326 e. The molecule has 2 nitrogen and oxygen atoms in total. The predicted octanol–water partition coefficient (Wildman–Crippen LogP) is 0.914. The van der Waals surface area contributed by atoms with Crippen LogP contribution in [0, 0.1) is 11.8 Å². The van der Waals surface area contributed by atoms with E-state index in [9.17, 15) is 0 Å². The fourth-order valence-corrected chi connectivity index (χ4v) is 1.94. The fourth-order valence-electron chi connectivity index (χ4n) is 1.94. The van der Waals surface area contributed by atoms with Gasteiger partial charge in [-0.25, -0.2) is 0 Å². The first-order valence-corrected chi connectivity index (χ1v) is 3.78. The first-order chi connectivity index (χ1) is 4.27. The lowest BCUT2D eigenvalue weighted by molar-refractivity contribution is 0.369. The molecule has 2 fully saturated rings. The summed E-state index contributed by atoms with van der Waals surface area (Å²) >= 11 is 0. The fraction of sp³-hybridized carbons (Fsp3) is 1.00. The minimum absolute atomic E-state index is 0. The Morgan fingerprint density at radius 2 is 1.09 bits per heavy atom. The van der Waals surface area contributed by atoms with E-state index in [1.807, 2.05) is 0 Å². The molecular weight excluding hydrogens is 183 g/mol. The van der Waals surface area contributed by atoms with Gasteiger partial charge in [-0.3, -0.25) is 0 Å². The maximum Gasteiger partial charge on any atom is 0.0195 e. The molecule has 4 heteroatoms. The minimum atomic E-state index is 0. The van der Waals surface area contributed by atoms with Crippen LogP contribution in [0.4, 0.5) is 0 Å². The molecule has 4 unspecified atom stereocenters. The van der Waals surface area contributed by atoms with Crippen molar-refractivity contribution in [1.82, 2.24) is 0 Å². The zero-order valence-electron chi connectivity index (χ0n) is 6.40. The van der Waals surface area contributed by atoms with Crippen LogP contribution in [-0.2, 0) is 0 Å². The smallest absolute Gasteiger partial charge is 0.0195 e. The maximum absolute atomic E-state index is 5.77. The van der Waals surface area contributed by atoms with Crippen LogP contribution >= 0.6 is 24.8 Å². The molecule has 0 spiro atoms. The van der Waals surface area contributed by atoms with Crippen LogP contribution in [0.5, 0.6) is 0 Å². The molecule has 0 bridgehead atoms. The van der Waals surface area contributed by atoms with Crippen molar-refractivity contribution in [2.24, 2.45) is 23.3 Å². The maximum atomic E-state index is 5.77. The molecule has 2 saturated carbocycles. The molecule has 4 atom stereocenters. The van der Waals surface area contributed by atoms with Crippen molar-refractivity contribution in [2.75, 3.05) is 0 Å². The van der Waals surface area contributed by atoms with E-state index in [4.69, 9.17) is 11.5 Å². The summed E-state index contributed by atoms with van der Waals surface area (Å²) in [6.45, 7) is 0. The third kappa shape index (κ3) is 2.22. The van der Waals surface area contributed by atoms with Gasteiger partial charge in [0.1, 0.15) is 0 Å². The minimum Gasteiger partial charge on any atom is -0.326 e. The molecule has 0 heterocycles. The van der Waals surface area contributed by atoms with Gasteiger partial charge in [0.05, 0.1) is 0 Å². The van der Waals surface area contributed by atoms with Crippen molar-refractivity contribution in [1.29, 1.82) is 0 Å². The van der Waals surface area contributed by atoms with Gasteiger partial charge in [0, 0.05) is 12.1 Å². The van der Waals surface area contributed by atoms with E-state index in [-0.39, 0.29) is 24.8 Å². The van der Waals surface area contributed by atoms with E-state index in [1.165, 1.54) is 19.3 Å². The van der Waals surface area contributed by atoms with Gasteiger partial charge in [0.15, 0.2) is 0 Å². The Bertz CT molecular complexity index is 118. The summed E-state index contributed by atoms with van der Waals surface area (Å²) in [7, 11) is 0. The average molecular weight is 199 g/mol. The third-order valence-corrected chi connectivity index (χ3v) is 2.77. The quantitative estimate of drug-likeness (QED) is 0.609. The molecule has 0 amide bonds. The first kappa shape index (κ1) is 11.5. The first-order valence-electron chi connectivity index (χ1n) is 3.78. The van der Waals surface area contributed by atoms with Crippen LogP contribution in [0.1, 0.15) is 19.3 Å². The Morgan fingerprint density at radius 3 is 1.45 bits per heavy atom. The monoisotopic (exact) mass is 198 g/mol. The van der Waals surface area contributed by atoms with Gasteiger partial charge in [0.2, 0.25) is 0 Å². The summed E-state index contributed by atoms with van der Waals surface area (Å²) < 4.78 is 0. The molecule has 2 aliphatic carbocycles. The summed E-state index contributed by atoms with van der Waals surface area (Å²) in [5.74, 6) is 1.92. The molecule has 68 valence electrons. The molecule has 0 aliphatic heterocycles. The van der Waals surface area contributed by atoms with Gasteiger partial charge in [-0.05, 0) is 31.1 Å². The lowest BCUT2D eigenvalue weighted by atomic mass is 9.92. The summed E-state index contributed by atoms with van der Waals surface area (Å²) in [4.78, 5) is 0. The van der Waals surface area contributed by atoms with E-state index in [2.05, 4.69) is 0 Å². The van der Waals surface area contributed by atoms with Crippen molar-refractivity contribution in [3.8, 4) is 0 Å². The predicted molar refractivity (Wildman–Crippen MR) is 51.3 cm³/mol. The van der Waals surface area contributed by atoms with Crippen molar-refractivity contribution < 1.29 is 0 Å². The Kier molecular flexibility index (Phi) is 4.12. The Labute approximate surface area is 79.9 Å². The van der Waals surface area contributed by atoms with Crippen molar-refractivity contribution in [3.05, 3.63) is 0 Å². The topological polar surface area (TPSA) is 52.0 Å². The third-order valence-electron chi connectivity index (χ3n) is 2.77. The number of hydrogen-bond acceptors (Lipinski definition) is 2. The Hall–Kier alpha value is 0.500. The van der Waals surface area contributed by atoms with Crippen LogP contribution in [0.25, 0.3) is 0 Å². The highest BCUT2D eigenvalue weighted by molar-refractivity contribution is 5.85. The molecule has 11 heavy (non-hydrogen) atoms. The average Bonchev–Trinajstić information content (AvgIpc) is 2.46. The summed E-state index contributed by atoms with van der Waals surface area (Å²) in [5.41, 5.74) is 11.5. The number of fused-ring (bicyclic) bond motifs is 1. The van der Waals surface area contributed by atoms with Gasteiger partial charge >= 0.3 is 0 Å². The van der Waals surface area contributed by atoms with Crippen molar-refractivity contribution >= 4 is 24.8 Å². The van der Waals surface area contributed by atoms with Gasteiger partial charge in [-0.2, -0.15) is 0 Å². The van der Waals surface area contributed by atoms with Crippen LogP contribution in [0.3, 0.4) is 0 Å². The van der Waals surface area contributed by atoms with E-state index in [0.29, 0.717) is 12.1 Å². The van der Waals surface area contributed by atoms with E-state index < -0.39 is 0 Å². The Morgan fingerprint density at radius 1 is 0.727 bits per heavy atom. The van der Waals surface area contributed by atoms with Gasteiger partial charge < -0.3 is 11.5 Å². The van der Waals surface area contributed by atoms with Gasteiger partial charge in [0.25, 0.3) is 0 Å². The lowest BCUT2D eigenvalue weighted by Gasteiger charge is -2.23. The molecule has 0 aromatic carbocycles. The van der Waals surface area contributed by atoms with E-state index in [1.54, 1.807) is 0 Å².